The van der Waals surface area contributed by atoms with E-state index in [1.165, 1.54) is 57.8 Å². The third-order valence-electron chi connectivity index (χ3n) is 3.37. The SMILES string of the molecule is CCCCCCCCCCCCOC(C)(C)CO. The highest BCUT2D eigenvalue weighted by Crippen LogP contribution is 2.12. The number of hydrogen-bond acceptors (Lipinski definition) is 2. The van der Waals surface area contributed by atoms with Gasteiger partial charge in [0, 0.05) is 6.61 Å². The third kappa shape index (κ3) is 12.4. The van der Waals surface area contributed by atoms with Gasteiger partial charge in [0.1, 0.15) is 0 Å². The van der Waals surface area contributed by atoms with Gasteiger partial charge in [0.25, 0.3) is 0 Å². The summed E-state index contributed by atoms with van der Waals surface area (Å²) < 4.78 is 5.60. The van der Waals surface area contributed by atoms with Crippen molar-refractivity contribution in [2.45, 2.75) is 90.6 Å². The molecule has 0 aromatic rings. The van der Waals surface area contributed by atoms with Gasteiger partial charge in [-0.25, -0.2) is 0 Å². The first-order valence-corrected chi connectivity index (χ1v) is 7.87. The lowest BCUT2D eigenvalue weighted by atomic mass is 10.1. The number of unbranched alkanes of at least 4 members (excludes halogenated alkanes) is 9. The predicted octanol–water partition coefficient (Wildman–Crippen LogP) is 4.69. The summed E-state index contributed by atoms with van der Waals surface area (Å²) in [5, 5.41) is 9.03. The second kappa shape index (κ2) is 12.0. The van der Waals surface area contributed by atoms with Crippen molar-refractivity contribution >= 4 is 0 Å². The van der Waals surface area contributed by atoms with Crippen molar-refractivity contribution in [1.29, 1.82) is 0 Å². The fourth-order valence-electron chi connectivity index (χ4n) is 1.98. The largest absolute Gasteiger partial charge is 0.393 e. The third-order valence-corrected chi connectivity index (χ3v) is 3.37. The second-order valence-electron chi connectivity index (χ2n) is 5.95. The van der Waals surface area contributed by atoms with Gasteiger partial charge in [-0.05, 0) is 20.3 Å². The van der Waals surface area contributed by atoms with Crippen molar-refractivity contribution < 1.29 is 9.84 Å². The summed E-state index contributed by atoms with van der Waals surface area (Å²) in [7, 11) is 0. The van der Waals surface area contributed by atoms with Crippen LogP contribution in [0.1, 0.15) is 85.0 Å². The van der Waals surface area contributed by atoms with Crippen molar-refractivity contribution in [3.8, 4) is 0 Å². The number of aliphatic hydroxyl groups excluding tert-OH is 1. The van der Waals surface area contributed by atoms with Crippen LogP contribution in [0.15, 0.2) is 0 Å². The van der Waals surface area contributed by atoms with E-state index in [-0.39, 0.29) is 12.2 Å². The molecule has 1 N–H and O–H groups in total. The molecule has 0 saturated heterocycles. The molecule has 0 spiro atoms. The molecule has 0 atom stereocenters. The summed E-state index contributed by atoms with van der Waals surface area (Å²) in [6.45, 7) is 7.02. The van der Waals surface area contributed by atoms with E-state index in [4.69, 9.17) is 9.84 Å². The van der Waals surface area contributed by atoms with Crippen LogP contribution in [0.5, 0.6) is 0 Å². The van der Waals surface area contributed by atoms with Crippen molar-refractivity contribution in [3.63, 3.8) is 0 Å². The topological polar surface area (TPSA) is 29.5 Å². The van der Waals surface area contributed by atoms with E-state index in [0.717, 1.165) is 13.0 Å². The quantitative estimate of drug-likeness (QED) is 0.485. The minimum atomic E-state index is -0.362. The zero-order valence-corrected chi connectivity index (χ0v) is 12.8. The molecule has 0 unspecified atom stereocenters. The maximum absolute atomic E-state index is 9.03. The average molecular weight is 258 g/mol. The first-order chi connectivity index (χ1) is 8.62. The molecule has 0 aliphatic heterocycles. The smallest absolute Gasteiger partial charge is 0.0856 e. The van der Waals surface area contributed by atoms with Crippen molar-refractivity contribution in [2.24, 2.45) is 0 Å². The van der Waals surface area contributed by atoms with Gasteiger partial charge in [0.15, 0.2) is 0 Å². The molecule has 0 heterocycles. The lowest BCUT2D eigenvalue weighted by molar-refractivity contribution is -0.0546. The zero-order chi connectivity index (χ0) is 13.7. The fraction of sp³-hybridized carbons (Fsp3) is 1.00. The first kappa shape index (κ1) is 17.9. The summed E-state index contributed by atoms with van der Waals surface area (Å²) in [6, 6.07) is 0. The van der Waals surface area contributed by atoms with Gasteiger partial charge in [-0.2, -0.15) is 0 Å². The molecule has 0 rings (SSSR count). The highest BCUT2D eigenvalue weighted by Gasteiger charge is 2.15. The zero-order valence-electron chi connectivity index (χ0n) is 12.8. The van der Waals surface area contributed by atoms with Gasteiger partial charge in [0.05, 0.1) is 12.2 Å². The minimum Gasteiger partial charge on any atom is -0.393 e. The van der Waals surface area contributed by atoms with E-state index in [0.29, 0.717) is 0 Å². The van der Waals surface area contributed by atoms with E-state index >= 15 is 0 Å². The molecule has 110 valence electrons. The Hall–Kier alpha value is -0.0800. The Balaban J connectivity index is 3.08. The van der Waals surface area contributed by atoms with E-state index in [2.05, 4.69) is 6.92 Å². The van der Waals surface area contributed by atoms with Crippen LogP contribution in [0, 0.1) is 0 Å². The standard InChI is InChI=1S/C16H34O2/c1-4-5-6-7-8-9-10-11-12-13-14-18-16(2,3)15-17/h17H,4-15H2,1-3H3. The van der Waals surface area contributed by atoms with E-state index in [1.54, 1.807) is 0 Å². The van der Waals surface area contributed by atoms with E-state index < -0.39 is 0 Å². The molecule has 0 radical (unpaired) electrons. The molecule has 0 aromatic carbocycles. The molecule has 0 aliphatic carbocycles. The predicted molar refractivity (Wildman–Crippen MR) is 79.0 cm³/mol. The van der Waals surface area contributed by atoms with Crippen LogP contribution in [0.4, 0.5) is 0 Å². The Morgan fingerprint density at radius 2 is 1.22 bits per heavy atom. The molecular weight excluding hydrogens is 224 g/mol. The van der Waals surface area contributed by atoms with Crippen LogP contribution >= 0.6 is 0 Å². The van der Waals surface area contributed by atoms with Crippen LogP contribution in [0.2, 0.25) is 0 Å². The highest BCUT2D eigenvalue weighted by molar-refractivity contribution is 4.65. The number of ether oxygens (including phenoxy) is 1. The Morgan fingerprint density at radius 3 is 1.67 bits per heavy atom. The molecule has 0 fully saturated rings. The lowest BCUT2D eigenvalue weighted by Gasteiger charge is -2.22. The van der Waals surface area contributed by atoms with Gasteiger partial charge in [-0.15, -0.1) is 0 Å². The maximum Gasteiger partial charge on any atom is 0.0856 e. The molecule has 0 saturated carbocycles. The van der Waals surface area contributed by atoms with Gasteiger partial charge in [-0.1, -0.05) is 64.7 Å². The van der Waals surface area contributed by atoms with Gasteiger partial charge in [-0.3, -0.25) is 0 Å². The van der Waals surface area contributed by atoms with Crippen LogP contribution < -0.4 is 0 Å². The van der Waals surface area contributed by atoms with Gasteiger partial charge in [0.2, 0.25) is 0 Å². The number of hydrogen-bond donors (Lipinski definition) is 1. The molecule has 18 heavy (non-hydrogen) atoms. The van der Waals surface area contributed by atoms with Gasteiger partial charge < -0.3 is 9.84 Å². The number of aliphatic hydroxyl groups is 1. The average Bonchev–Trinajstić information content (AvgIpc) is 2.36. The fourth-order valence-corrected chi connectivity index (χ4v) is 1.98. The van der Waals surface area contributed by atoms with Crippen molar-refractivity contribution in [3.05, 3.63) is 0 Å². The lowest BCUT2D eigenvalue weighted by Crippen LogP contribution is -2.29. The summed E-state index contributed by atoms with van der Waals surface area (Å²) in [4.78, 5) is 0. The molecular formula is C16H34O2. The molecule has 0 amide bonds. The van der Waals surface area contributed by atoms with E-state index in [9.17, 15) is 0 Å². The van der Waals surface area contributed by atoms with Crippen LogP contribution in [0.3, 0.4) is 0 Å². The Kier molecular flexibility index (Phi) is 11.9. The normalized spacial score (nSPS) is 12.0. The summed E-state index contributed by atoms with van der Waals surface area (Å²) in [6.07, 6.45) is 13.5. The molecule has 0 aromatic heterocycles. The maximum atomic E-state index is 9.03. The molecule has 2 heteroatoms. The minimum absolute atomic E-state index is 0.102. The molecule has 0 aliphatic rings. The Labute approximate surface area is 114 Å². The van der Waals surface area contributed by atoms with E-state index in [1.807, 2.05) is 13.8 Å². The number of rotatable bonds is 13. The van der Waals surface area contributed by atoms with Gasteiger partial charge >= 0.3 is 0 Å². The summed E-state index contributed by atoms with van der Waals surface area (Å²) in [5.74, 6) is 0. The van der Waals surface area contributed by atoms with Crippen molar-refractivity contribution in [1.82, 2.24) is 0 Å². The Bertz CT molecular complexity index is 166. The first-order valence-electron chi connectivity index (χ1n) is 7.87. The van der Waals surface area contributed by atoms with Crippen LogP contribution in [0.25, 0.3) is 0 Å². The van der Waals surface area contributed by atoms with Crippen LogP contribution in [-0.4, -0.2) is 23.9 Å². The van der Waals surface area contributed by atoms with Crippen molar-refractivity contribution in [2.75, 3.05) is 13.2 Å². The molecule has 2 nitrogen and oxygen atoms in total. The monoisotopic (exact) mass is 258 g/mol. The second-order valence-corrected chi connectivity index (χ2v) is 5.95. The van der Waals surface area contributed by atoms with Crippen LogP contribution in [-0.2, 0) is 4.74 Å². The highest BCUT2D eigenvalue weighted by atomic mass is 16.5. The Morgan fingerprint density at radius 1 is 0.778 bits per heavy atom. The molecule has 0 bridgehead atoms. The summed E-state index contributed by atoms with van der Waals surface area (Å²) in [5.41, 5.74) is -0.362. The summed E-state index contributed by atoms with van der Waals surface area (Å²) >= 11 is 0.